The maximum absolute atomic E-state index is 11.4. The van der Waals surface area contributed by atoms with Gasteiger partial charge in [-0.1, -0.05) is 18.2 Å². The SMILES string of the molecule is CC(N)C(=O)Nn1ccc2ccccc21. The highest BCUT2D eigenvalue weighted by molar-refractivity contribution is 5.90. The highest BCUT2D eigenvalue weighted by Crippen LogP contribution is 2.13. The molecule has 1 aromatic carbocycles. The fraction of sp³-hybridized carbons (Fsp3) is 0.182. The Morgan fingerprint density at radius 2 is 2.13 bits per heavy atom. The molecule has 1 heterocycles. The van der Waals surface area contributed by atoms with E-state index in [1.165, 1.54) is 0 Å². The van der Waals surface area contributed by atoms with E-state index < -0.39 is 6.04 Å². The molecule has 4 heteroatoms. The second kappa shape index (κ2) is 3.74. The minimum atomic E-state index is -0.508. The number of hydrogen-bond acceptors (Lipinski definition) is 2. The molecule has 1 unspecified atom stereocenters. The molecular formula is C11H13N3O. The number of carbonyl (C=O) groups is 1. The summed E-state index contributed by atoms with van der Waals surface area (Å²) < 4.78 is 1.68. The second-order valence-corrected chi connectivity index (χ2v) is 3.51. The zero-order chi connectivity index (χ0) is 10.8. The molecule has 0 saturated heterocycles. The highest BCUT2D eigenvalue weighted by atomic mass is 16.2. The van der Waals surface area contributed by atoms with Crippen LogP contribution in [-0.2, 0) is 4.79 Å². The predicted octanol–water partition coefficient (Wildman–Crippen LogP) is 1.06. The van der Waals surface area contributed by atoms with Gasteiger partial charge in [-0.3, -0.25) is 14.9 Å². The lowest BCUT2D eigenvalue weighted by molar-refractivity contribution is -0.117. The van der Waals surface area contributed by atoms with Crippen molar-refractivity contribution in [2.75, 3.05) is 5.43 Å². The van der Waals surface area contributed by atoms with E-state index in [0.717, 1.165) is 10.9 Å². The molecule has 0 aliphatic carbocycles. The molecule has 0 saturated carbocycles. The maximum atomic E-state index is 11.4. The van der Waals surface area contributed by atoms with Crippen molar-refractivity contribution in [3.05, 3.63) is 36.5 Å². The Morgan fingerprint density at radius 3 is 2.87 bits per heavy atom. The molecule has 15 heavy (non-hydrogen) atoms. The third kappa shape index (κ3) is 1.85. The van der Waals surface area contributed by atoms with Gasteiger partial charge in [0, 0.05) is 11.6 Å². The lowest BCUT2D eigenvalue weighted by atomic mass is 10.3. The number of nitrogens with zero attached hydrogens (tertiary/aromatic N) is 1. The number of rotatable bonds is 2. The Hall–Kier alpha value is -1.81. The molecule has 0 aliphatic rings. The van der Waals surface area contributed by atoms with Crippen LogP contribution in [0.3, 0.4) is 0 Å². The number of amides is 1. The van der Waals surface area contributed by atoms with Crippen LogP contribution in [0.1, 0.15) is 6.92 Å². The highest BCUT2D eigenvalue weighted by Gasteiger charge is 2.08. The molecule has 1 atom stereocenters. The lowest BCUT2D eigenvalue weighted by Crippen LogP contribution is -2.36. The summed E-state index contributed by atoms with van der Waals surface area (Å²) in [4.78, 5) is 11.4. The smallest absolute Gasteiger partial charge is 0.255 e. The molecule has 2 aromatic rings. The number of nitrogens with one attached hydrogen (secondary N) is 1. The van der Waals surface area contributed by atoms with E-state index in [2.05, 4.69) is 5.43 Å². The first-order chi connectivity index (χ1) is 7.18. The molecule has 4 nitrogen and oxygen atoms in total. The summed E-state index contributed by atoms with van der Waals surface area (Å²) in [7, 11) is 0. The Kier molecular flexibility index (Phi) is 2.43. The molecule has 0 aliphatic heterocycles. The van der Waals surface area contributed by atoms with Gasteiger partial charge in [-0.05, 0) is 19.1 Å². The first-order valence-electron chi connectivity index (χ1n) is 4.81. The predicted molar refractivity (Wildman–Crippen MR) is 60.0 cm³/mol. The van der Waals surface area contributed by atoms with Gasteiger partial charge in [-0.25, -0.2) is 0 Å². The molecule has 0 radical (unpaired) electrons. The fourth-order valence-corrected chi connectivity index (χ4v) is 1.40. The summed E-state index contributed by atoms with van der Waals surface area (Å²) in [5, 5.41) is 1.09. The van der Waals surface area contributed by atoms with Crippen LogP contribution < -0.4 is 11.2 Å². The molecular weight excluding hydrogens is 190 g/mol. The van der Waals surface area contributed by atoms with Crippen LogP contribution in [0.25, 0.3) is 10.9 Å². The van der Waals surface area contributed by atoms with E-state index in [4.69, 9.17) is 5.73 Å². The molecule has 78 valence electrons. The van der Waals surface area contributed by atoms with Crippen LogP contribution in [0.4, 0.5) is 0 Å². The van der Waals surface area contributed by atoms with Crippen molar-refractivity contribution in [1.29, 1.82) is 0 Å². The topological polar surface area (TPSA) is 60.1 Å². The molecule has 0 bridgehead atoms. The van der Waals surface area contributed by atoms with Gasteiger partial charge in [0.25, 0.3) is 5.91 Å². The van der Waals surface area contributed by atoms with Crippen LogP contribution in [-0.4, -0.2) is 16.6 Å². The standard InChI is InChI=1S/C11H13N3O/c1-8(12)11(15)13-14-7-6-9-4-2-3-5-10(9)14/h2-8H,12H2,1H3,(H,13,15). The number of hydrogen-bond donors (Lipinski definition) is 2. The first-order valence-corrected chi connectivity index (χ1v) is 4.81. The van der Waals surface area contributed by atoms with Gasteiger partial charge in [0.15, 0.2) is 0 Å². The average molecular weight is 203 g/mol. The molecule has 0 spiro atoms. The van der Waals surface area contributed by atoms with Crippen molar-refractivity contribution >= 4 is 16.8 Å². The van der Waals surface area contributed by atoms with Crippen LogP contribution in [0.15, 0.2) is 36.5 Å². The van der Waals surface area contributed by atoms with E-state index in [0.29, 0.717) is 0 Å². The summed E-state index contributed by atoms with van der Waals surface area (Å²) >= 11 is 0. The van der Waals surface area contributed by atoms with Gasteiger partial charge in [0.2, 0.25) is 0 Å². The van der Waals surface area contributed by atoms with E-state index in [1.54, 1.807) is 11.6 Å². The first kappa shape index (κ1) is 9.73. The summed E-state index contributed by atoms with van der Waals surface area (Å²) in [5.74, 6) is -0.198. The fourth-order valence-electron chi connectivity index (χ4n) is 1.40. The summed E-state index contributed by atoms with van der Waals surface area (Å²) in [6.45, 7) is 1.65. The molecule has 3 N–H and O–H groups in total. The van der Waals surface area contributed by atoms with E-state index in [9.17, 15) is 4.79 Å². The maximum Gasteiger partial charge on any atom is 0.255 e. The van der Waals surface area contributed by atoms with E-state index in [-0.39, 0.29) is 5.91 Å². The average Bonchev–Trinajstić information content (AvgIpc) is 2.62. The molecule has 1 amide bonds. The number of carbonyl (C=O) groups excluding carboxylic acids is 1. The summed E-state index contributed by atoms with van der Waals surface area (Å²) in [6.07, 6.45) is 1.81. The number of fused-ring (bicyclic) bond motifs is 1. The van der Waals surface area contributed by atoms with Crippen molar-refractivity contribution in [2.45, 2.75) is 13.0 Å². The van der Waals surface area contributed by atoms with E-state index >= 15 is 0 Å². The third-order valence-corrected chi connectivity index (χ3v) is 2.24. The van der Waals surface area contributed by atoms with Crippen molar-refractivity contribution < 1.29 is 4.79 Å². The van der Waals surface area contributed by atoms with Crippen molar-refractivity contribution in [1.82, 2.24) is 4.68 Å². The lowest BCUT2D eigenvalue weighted by Gasteiger charge is -2.09. The van der Waals surface area contributed by atoms with Gasteiger partial charge < -0.3 is 5.73 Å². The zero-order valence-corrected chi connectivity index (χ0v) is 8.47. The van der Waals surface area contributed by atoms with Crippen LogP contribution in [0.5, 0.6) is 0 Å². The largest absolute Gasteiger partial charge is 0.320 e. The number of aromatic nitrogens is 1. The third-order valence-electron chi connectivity index (χ3n) is 2.24. The van der Waals surface area contributed by atoms with Gasteiger partial charge in [-0.2, -0.15) is 0 Å². The van der Waals surface area contributed by atoms with Gasteiger partial charge in [-0.15, -0.1) is 0 Å². The Bertz CT molecular complexity index is 487. The van der Waals surface area contributed by atoms with E-state index in [1.807, 2.05) is 36.5 Å². The number of benzene rings is 1. The number of para-hydroxylation sites is 1. The normalized spacial score (nSPS) is 12.7. The van der Waals surface area contributed by atoms with Gasteiger partial charge in [0.05, 0.1) is 11.6 Å². The number of nitrogens with two attached hydrogens (primary N) is 1. The minimum Gasteiger partial charge on any atom is -0.320 e. The van der Waals surface area contributed by atoms with Gasteiger partial charge in [0.1, 0.15) is 0 Å². The summed E-state index contributed by atoms with van der Waals surface area (Å²) in [6, 6.07) is 9.25. The van der Waals surface area contributed by atoms with Gasteiger partial charge >= 0.3 is 0 Å². The van der Waals surface area contributed by atoms with Crippen LogP contribution in [0.2, 0.25) is 0 Å². The Balaban J connectivity index is 2.33. The molecule has 1 aromatic heterocycles. The van der Waals surface area contributed by atoms with Crippen molar-refractivity contribution in [3.63, 3.8) is 0 Å². The van der Waals surface area contributed by atoms with Crippen molar-refractivity contribution in [3.8, 4) is 0 Å². The summed E-state index contributed by atoms with van der Waals surface area (Å²) in [5.41, 5.74) is 9.15. The van der Waals surface area contributed by atoms with Crippen LogP contribution >= 0.6 is 0 Å². The quantitative estimate of drug-likeness (QED) is 0.766. The second-order valence-electron chi connectivity index (χ2n) is 3.51. The minimum absolute atomic E-state index is 0.198. The molecule has 0 fully saturated rings. The monoisotopic (exact) mass is 203 g/mol. The van der Waals surface area contributed by atoms with Crippen LogP contribution in [0, 0.1) is 0 Å². The molecule has 2 rings (SSSR count). The Labute approximate surface area is 87.6 Å². The Morgan fingerprint density at radius 1 is 1.40 bits per heavy atom. The van der Waals surface area contributed by atoms with Crippen molar-refractivity contribution in [2.24, 2.45) is 5.73 Å². The zero-order valence-electron chi connectivity index (χ0n) is 8.47.